The summed E-state index contributed by atoms with van der Waals surface area (Å²) in [4.78, 5) is 29.1. The van der Waals surface area contributed by atoms with Crippen molar-refractivity contribution in [1.29, 1.82) is 0 Å². The monoisotopic (exact) mass is 619 g/mol. The minimum absolute atomic E-state index is 0.0210. The zero-order valence-electron chi connectivity index (χ0n) is 22.6. The normalized spacial score (nSPS) is 14.4. The number of halogens is 3. The topological polar surface area (TPSA) is 86.8 Å². The largest absolute Gasteiger partial charge is 0.352 e. The number of carbonyl (C=O) groups excluding carboxylic acids is 2. The van der Waals surface area contributed by atoms with Crippen molar-refractivity contribution in [1.82, 2.24) is 10.2 Å². The van der Waals surface area contributed by atoms with Crippen LogP contribution in [-0.4, -0.2) is 50.0 Å². The van der Waals surface area contributed by atoms with Crippen molar-refractivity contribution in [2.75, 3.05) is 17.1 Å². The first-order valence-electron chi connectivity index (χ1n) is 13.3. The maximum absolute atomic E-state index is 14.9. The molecule has 0 aromatic heterocycles. The molecule has 0 heterocycles. The van der Waals surface area contributed by atoms with Gasteiger partial charge in [0.05, 0.1) is 11.9 Å². The summed E-state index contributed by atoms with van der Waals surface area (Å²) in [7, 11) is -3.99. The van der Waals surface area contributed by atoms with E-state index in [4.69, 9.17) is 23.2 Å². The maximum Gasteiger partial charge on any atom is 0.244 e. The first kappa shape index (κ1) is 30.8. The average molecular weight is 621 g/mol. The number of hydrogen-bond donors (Lipinski definition) is 1. The first-order valence-corrected chi connectivity index (χ1v) is 15.9. The molecule has 1 saturated carbocycles. The van der Waals surface area contributed by atoms with Gasteiger partial charge in [-0.25, -0.2) is 12.8 Å². The lowest BCUT2D eigenvalue weighted by molar-refractivity contribution is -0.140. The number of sulfonamides is 1. The van der Waals surface area contributed by atoms with Gasteiger partial charge in [-0.15, -0.1) is 0 Å². The van der Waals surface area contributed by atoms with Crippen LogP contribution < -0.4 is 9.62 Å². The lowest BCUT2D eigenvalue weighted by atomic mass is 10.0. The molecule has 3 aromatic rings. The van der Waals surface area contributed by atoms with E-state index in [0.717, 1.165) is 41.8 Å². The van der Waals surface area contributed by atoms with Crippen molar-refractivity contribution in [3.63, 3.8) is 0 Å². The standard InChI is InChI=1S/C30H32Cl2FN3O4S/c1-41(39,40)36(26-17-23(31)16-24(32)18-26)20-29(37)35(19-22-11-5-8-14-27(22)33)28(15-21-9-3-2-4-10-21)30(38)34-25-12-6-7-13-25/h2-5,8-11,14,16-18,25,28H,6-7,12-13,15,19-20H2,1H3,(H,34,38). The van der Waals surface area contributed by atoms with Gasteiger partial charge in [-0.3, -0.25) is 13.9 Å². The number of carbonyl (C=O) groups is 2. The fraction of sp³-hybridized carbons (Fsp3) is 0.333. The van der Waals surface area contributed by atoms with E-state index in [9.17, 15) is 22.4 Å². The maximum atomic E-state index is 14.9. The van der Waals surface area contributed by atoms with E-state index < -0.39 is 34.3 Å². The number of nitrogens with zero attached hydrogens (tertiary/aromatic N) is 2. The van der Waals surface area contributed by atoms with E-state index in [-0.39, 0.29) is 46.2 Å². The lowest BCUT2D eigenvalue weighted by Gasteiger charge is -2.34. The third-order valence-electron chi connectivity index (χ3n) is 7.09. The van der Waals surface area contributed by atoms with E-state index in [1.54, 1.807) is 6.07 Å². The highest BCUT2D eigenvalue weighted by Crippen LogP contribution is 2.28. The molecule has 0 radical (unpaired) electrons. The summed E-state index contributed by atoms with van der Waals surface area (Å²) in [5.74, 6) is -1.60. The SMILES string of the molecule is CS(=O)(=O)N(CC(=O)N(Cc1ccccc1F)C(Cc1ccccc1)C(=O)NC1CCCC1)c1cc(Cl)cc(Cl)c1. The molecule has 0 bridgehead atoms. The summed E-state index contributed by atoms with van der Waals surface area (Å²) >= 11 is 12.3. The van der Waals surface area contributed by atoms with Crippen LogP contribution in [0.5, 0.6) is 0 Å². The van der Waals surface area contributed by atoms with Gasteiger partial charge in [0.2, 0.25) is 21.8 Å². The predicted octanol–water partition coefficient (Wildman–Crippen LogP) is 5.60. The van der Waals surface area contributed by atoms with Crippen molar-refractivity contribution < 1.29 is 22.4 Å². The number of nitrogens with one attached hydrogen (secondary N) is 1. The third-order valence-corrected chi connectivity index (χ3v) is 8.66. The lowest BCUT2D eigenvalue weighted by Crippen LogP contribution is -2.54. The molecule has 0 aliphatic heterocycles. The highest BCUT2D eigenvalue weighted by atomic mass is 35.5. The van der Waals surface area contributed by atoms with Crippen LogP contribution in [0.25, 0.3) is 0 Å². The summed E-state index contributed by atoms with van der Waals surface area (Å²) < 4.78 is 41.5. The van der Waals surface area contributed by atoms with Crippen LogP contribution in [0, 0.1) is 5.82 Å². The Labute approximate surface area is 250 Å². The first-order chi connectivity index (χ1) is 19.5. The fourth-order valence-electron chi connectivity index (χ4n) is 5.03. The Hall–Kier alpha value is -3.14. The van der Waals surface area contributed by atoms with E-state index in [2.05, 4.69) is 5.32 Å². The summed E-state index contributed by atoms with van der Waals surface area (Å²) in [6.45, 7) is -0.888. The number of hydrogen-bond acceptors (Lipinski definition) is 4. The van der Waals surface area contributed by atoms with E-state index in [1.165, 1.54) is 41.3 Å². The van der Waals surface area contributed by atoms with E-state index >= 15 is 0 Å². The number of benzene rings is 3. The Morgan fingerprint density at radius 2 is 1.59 bits per heavy atom. The summed E-state index contributed by atoms with van der Waals surface area (Å²) in [5, 5.41) is 3.45. The van der Waals surface area contributed by atoms with Crippen LogP contribution in [0.1, 0.15) is 36.8 Å². The molecule has 7 nitrogen and oxygen atoms in total. The molecule has 0 spiro atoms. The molecular weight excluding hydrogens is 588 g/mol. The fourth-order valence-corrected chi connectivity index (χ4v) is 6.38. The van der Waals surface area contributed by atoms with Crippen LogP contribution in [-0.2, 0) is 32.6 Å². The molecule has 3 aromatic carbocycles. The van der Waals surface area contributed by atoms with Crippen molar-refractivity contribution in [3.05, 3.63) is 99.8 Å². The molecule has 1 aliphatic carbocycles. The molecule has 0 saturated heterocycles. The van der Waals surface area contributed by atoms with Gasteiger partial charge in [-0.2, -0.15) is 0 Å². The van der Waals surface area contributed by atoms with Crippen LogP contribution in [0.3, 0.4) is 0 Å². The smallest absolute Gasteiger partial charge is 0.244 e. The second-order valence-electron chi connectivity index (χ2n) is 10.2. The highest BCUT2D eigenvalue weighted by Gasteiger charge is 2.34. The van der Waals surface area contributed by atoms with Gasteiger partial charge in [0.15, 0.2) is 0 Å². The van der Waals surface area contributed by atoms with Gasteiger partial charge in [0.1, 0.15) is 18.4 Å². The van der Waals surface area contributed by atoms with Crippen molar-refractivity contribution in [3.8, 4) is 0 Å². The van der Waals surface area contributed by atoms with Crippen LogP contribution in [0.15, 0.2) is 72.8 Å². The Kier molecular flexibility index (Phi) is 10.3. The Balaban J connectivity index is 1.75. The minimum Gasteiger partial charge on any atom is -0.352 e. The summed E-state index contributed by atoms with van der Waals surface area (Å²) in [6.07, 6.45) is 4.78. The zero-order valence-corrected chi connectivity index (χ0v) is 24.9. The molecule has 218 valence electrons. The molecule has 4 rings (SSSR count). The molecule has 1 N–H and O–H groups in total. The van der Waals surface area contributed by atoms with Gasteiger partial charge in [-0.05, 0) is 42.7 Å². The molecule has 1 atom stereocenters. The van der Waals surface area contributed by atoms with Crippen LogP contribution in [0.4, 0.5) is 10.1 Å². The van der Waals surface area contributed by atoms with Gasteiger partial charge >= 0.3 is 0 Å². The third kappa shape index (κ3) is 8.44. The number of rotatable bonds is 11. The summed E-state index contributed by atoms with van der Waals surface area (Å²) in [5.41, 5.74) is 1.09. The molecule has 2 amide bonds. The second kappa shape index (κ2) is 13.7. The second-order valence-corrected chi connectivity index (χ2v) is 13.0. The Morgan fingerprint density at radius 3 is 2.20 bits per heavy atom. The molecule has 11 heteroatoms. The molecule has 41 heavy (non-hydrogen) atoms. The van der Waals surface area contributed by atoms with Gasteiger partial charge in [0, 0.05) is 34.6 Å². The highest BCUT2D eigenvalue weighted by molar-refractivity contribution is 7.92. The van der Waals surface area contributed by atoms with Gasteiger partial charge < -0.3 is 10.2 Å². The van der Waals surface area contributed by atoms with Gasteiger partial charge in [0.25, 0.3) is 0 Å². The van der Waals surface area contributed by atoms with Gasteiger partial charge in [-0.1, -0.05) is 84.6 Å². The molecule has 1 unspecified atom stereocenters. The number of anilines is 1. The minimum atomic E-state index is -3.99. The van der Waals surface area contributed by atoms with Crippen LogP contribution >= 0.6 is 23.2 Å². The molecule has 1 fully saturated rings. The van der Waals surface area contributed by atoms with E-state index in [1.807, 2.05) is 30.3 Å². The van der Waals surface area contributed by atoms with Crippen LogP contribution in [0.2, 0.25) is 10.0 Å². The van der Waals surface area contributed by atoms with Crippen molar-refractivity contribution in [2.24, 2.45) is 0 Å². The van der Waals surface area contributed by atoms with E-state index in [0.29, 0.717) is 0 Å². The van der Waals surface area contributed by atoms with Crippen molar-refractivity contribution >= 4 is 50.7 Å². The quantitative estimate of drug-likeness (QED) is 0.303. The van der Waals surface area contributed by atoms with Crippen molar-refractivity contribution in [2.45, 2.75) is 50.7 Å². The molecular formula is C30H32Cl2FN3O4S. The molecule has 1 aliphatic rings. The Bertz CT molecular complexity index is 1460. The Morgan fingerprint density at radius 1 is 0.976 bits per heavy atom. The number of amides is 2. The zero-order chi connectivity index (χ0) is 29.6. The average Bonchev–Trinajstić information content (AvgIpc) is 3.42. The predicted molar refractivity (Wildman–Crippen MR) is 160 cm³/mol. The summed E-state index contributed by atoms with van der Waals surface area (Å²) in [6, 6.07) is 18.4.